The van der Waals surface area contributed by atoms with E-state index in [9.17, 15) is 13.2 Å². The van der Waals surface area contributed by atoms with E-state index in [0.717, 1.165) is 30.4 Å². The third-order valence-electron chi connectivity index (χ3n) is 3.88. The molecule has 8 nitrogen and oxygen atoms in total. The minimum atomic E-state index is -3.39. The van der Waals surface area contributed by atoms with Crippen LogP contribution in [-0.4, -0.2) is 67.5 Å². The Hall–Kier alpha value is -1.58. The molecule has 1 amide bonds. The van der Waals surface area contributed by atoms with Gasteiger partial charge in [-0.3, -0.25) is 4.79 Å². The number of hydrogen-bond donors (Lipinski definition) is 1. The number of carbonyl (C=O) groups is 1. The molecule has 2 rings (SSSR count). The number of nitrogens with zero attached hydrogens (tertiary/aromatic N) is 4. The van der Waals surface area contributed by atoms with Crippen molar-refractivity contribution in [2.45, 2.75) is 32.4 Å². The molecule has 1 aromatic heterocycles. The number of aromatic nitrogens is 2. The van der Waals surface area contributed by atoms with Gasteiger partial charge in [0.25, 0.3) is 0 Å². The van der Waals surface area contributed by atoms with E-state index >= 15 is 0 Å². The summed E-state index contributed by atoms with van der Waals surface area (Å²) in [5.74, 6) is 0.441. The maximum Gasteiger partial charge on any atom is 0.238 e. The second kappa shape index (κ2) is 7.54. The predicted molar refractivity (Wildman–Crippen MR) is 90.7 cm³/mol. The smallest absolute Gasteiger partial charge is 0.238 e. The Morgan fingerprint density at radius 1 is 1.46 bits per heavy atom. The van der Waals surface area contributed by atoms with E-state index in [0.29, 0.717) is 18.9 Å². The first kappa shape index (κ1) is 18.8. The summed E-state index contributed by atoms with van der Waals surface area (Å²) in [6, 6.07) is -0.129. The Kier molecular flexibility index (Phi) is 5.89. The number of sulfonamides is 1. The van der Waals surface area contributed by atoms with Gasteiger partial charge in [-0.25, -0.2) is 23.1 Å². The molecule has 0 radical (unpaired) electrons. The third kappa shape index (κ3) is 4.96. The fourth-order valence-electron chi connectivity index (χ4n) is 2.91. The molecule has 0 spiro atoms. The van der Waals surface area contributed by atoms with Crippen LogP contribution in [0.2, 0.25) is 0 Å². The van der Waals surface area contributed by atoms with Gasteiger partial charge in [0.05, 0.1) is 24.5 Å². The first-order valence-electron chi connectivity index (χ1n) is 7.88. The van der Waals surface area contributed by atoms with Crippen molar-refractivity contribution in [1.82, 2.24) is 24.5 Å². The summed E-state index contributed by atoms with van der Waals surface area (Å²) in [5.41, 5.74) is 1.85. The lowest BCUT2D eigenvalue weighted by Crippen LogP contribution is -2.40. The molecule has 2 heterocycles. The summed E-state index contributed by atoms with van der Waals surface area (Å²) in [6.07, 6.45) is 4.55. The van der Waals surface area contributed by atoms with Gasteiger partial charge in [0, 0.05) is 24.8 Å². The summed E-state index contributed by atoms with van der Waals surface area (Å²) in [6.45, 7) is 2.91. The number of aryl methyl sites for hydroxylation is 1. The lowest BCUT2D eigenvalue weighted by molar-refractivity contribution is -0.130. The lowest BCUT2D eigenvalue weighted by Gasteiger charge is -2.26. The molecular weight excluding hydrogens is 330 g/mol. The van der Waals surface area contributed by atoms with Gasteiger partial charge >= 0.3 is 0 Å². The molecule has 1 aromatic rings. The fourth-order valence-corrected chi connectivity index (χ4v) is 3.29. The molecule has 1 fully saturated rings. The van der Waals surface area contributed by atoms with E-state index in [2.05, 4.69) is 14.7 Å². The van der Waals surface area contributed by atoms with Crippen molar-refractivity contribution >= 4 is 15.9 Å². The zero-order valence-electron chi connectivity index (χ0n) is 14.6. The zero-order chi connectivity index (χ0) is 17.9. The molecular formula is C15H25N5O3S. The molecule has 9 heteroatoms. The molecule has 0 aliphatic carbocycles. The van der Waals surface area contributed by atoms with Crippen LogP contribution >= 0.6 is 0 Å². The standard InChI is InChI=1S/C15H25N5O3S/c1-11-16-8-12(10-19(2)3)15(18-11)13-6-5-7-20(13)14(21)9-17-24(4,22)23/h8,13,17H,5-7,9-10H2,1-4H3. The number of carbonyl (C=O) groups excluding carboxylic acids is 1. The van der Waals surface area contributed by atoms with Crippen molar-refractivity contribution in [3.8, 4) is 0 Å². The van der Waals surface area contributed by atoms with E-state index in [1.165, 1.54) is 0 Å². The summed E-state index contributed by atoms with van der Waals surface area (Å²) >= 11 is 0. The summed E-state index contributed by atoms with van der Waals surface area (Å²) in [4.78, 5) is 25.0. The van der Waals surface area contributed by atoms with E-state index in [-0.39, 0.29) is 18.5 Å². The summed E-state index contributed by atoms with van der Waals surface area (Å²) in [7, 11) is 0.548. The topological polar surface area (TPSA) is 95.5 Å². The van der Waals surface area contributed by atoms with Crippen LogP contribution in [0.5, 0.6) is 0 Å². The molecule has 1 aliphatic rings. The first-order chi connectivity index (χ1) is 11.2. The van der Waals surface area contributed by atoms with Gasteiger partial charge in [-0.15, -0.1) is 0 Å². The van der Waals surface area contributed by atoms with Crippen LogP contribution < -0.4 is 4.72 Å². The molecule has 0 bridgehead atoms. The Morgan fingerprint density at radius 2 is 2.17 bits per heavy atom. The van der Waals surface area contributed by atoms with Crippen molar-refractivity contribution in [2.24, 2.45) is 0 Å². The normalized spacial score (nSPS) is 18.4. The number of likely N-dealkylation sites (tertiary alicyclic amines) is 1. The molecule has 24 heavy (non-hydrogen) atoms. The van der Waals surface area contributed by atoms with Crippen LogP contribution in [0.25, 0.3) is 0 Å². The monoisotopic (exact) mass is 355 g/mol. The molecule has 1 saturated heterocycles. The van der Waals surface area contributed by atoms with Crippen molar-refractivity contribution in [2.75, 3.05) is 33.4 Å². The first-order valence-corrected chi connectivity index (χ1v) is 9.78. The molecule has 1 aliphatic heterocycles. The molecule has 1 unspecified atom stereocenters. The highest BCUT2D eigenvalue weighted by atomic mass is 32.2. The van der Waals surface area contributed by atoms with Crippen molar-refractivity contribution in [1.29, 1.82) is 0 Å². The van der Waals surface area contributed by atoms with Crippen LogP contribution in [-0.2, 0) is 21.4 Å². The summed E-state index contributed by atoms with van der Waals surface area (Å²) < 4.78 is 24.7. The van der Waals surface area contributed by atoms with Gasteiger partial charge in [-0.05, 0) is 33.9 Å². The van der Waals surface area contributed by atoms with E-state index in [1.54, 1.807) is 4.90 Å². The number of rotatable bonds is 6. The molecule has 134 valence electrons. The van der Waals surface area contributed by atoms with Gasteiger partial charge in [0.2, 0.25) is 15.9 Å². The Balaban J connectivity index is 2.23. The van der Waals surface area contributed by atoms with E-state index < -0.39 is 10.0 Å². The SMILES string of the molecule is Cc1ncc(CN(C)C)c(C2CCCN2C(=O)CNS(C)(=O)=O)n1. The van der Waals surface area contributed by atoms with Crippen LogP contribution in [0, 0.1) is 6.92 Å². The molecule has 0 aromatic carbocycles. The largest absolute Gasteiger partial charge is 0.333 e. The highest BCUT2D eigenvalue weighted by Crippen LogP contribution is 2.32. The molecule has 0 saturated carbocycles. The highest BCUT2D eigenvalue weighted by Gasteiger charge is 2.32. The highest BCUT2D eigenvalue weighted by molar-refractivity contribution is 7.88. The maximum absolute atomic E-state index is 12.4. The van der Waals surface area contributed by atoms with Gasteiger partial charge in [-0.2, -0.15) is 0 Å². The zero-order valence-corrected chi connectivity index (χ0v) is 15.4. The van der Waals surface area contributed by atoms with Crippen LogP contribution in [0.1, 0.15) is 36.0 Å². The predicted octanol–water partition coefficient (Wildman–Crippen LogP) is 0.0593. The van der Waals surface area contributed by atoms with Crippen molar-refractivity contribution in [3.05, 3.63) is 23.3 Å². The van der Waals surface area contributed by atoms with Crippen LogP contribution in [0.15, 0.2) is 6.20 Å². The van der Waals surface area contributed by atoms with Crippen LogP contribution in [0.4, 0.5) is 0 Å². The quantitative estimate of drug-likeness (QED) is 0.775. The lowest BCUT2D eigenvalue weighted by atomic mass is 10.1. The van der Waals surface area contributed by atoms with Gasteiger partial charge in [0.15, 0.2) is 0 Å². The van der Waals surface area contributed by atoms with E-state index in [4.69, 9.17) is 0 Å². The Bertz CT molecular complexity index is 705. The average Bonchev–Trinajstić information content (AvgIpc) is 2.94. The third-order valence-corrected chi connectivity index (χ3v) is 4.55. The minimum Gasteiger partial charge on any atom is -0.333 e. The Morgan fingerprint density at radius 3 is 2.79 bits per heavy atom. The maximum atomic E-state index is 12.4. The summed E-state index contributed by atoms with van der Waals surface area (Å²) in [5, 5.41) is 0. The number of nitrogens with one attached hydrogen (secondary N) is 1. The van der Waals surface area contributed by atoms with E-state index in [1.807, 2.05) is 32.1 Å². The van der Waals surface area contributed by atoms with Crippen LogP contribution in [0.3, 0.4) is 0 Å². The van der Waals surface area contributed by atoms with Gasteiger partial charge < -0.3 is 9.80 Å². The van der Waals surface area contributed by atoms with Crippen molar-refractivity contribution < 1.29 is 13.2 Å². The fraction of sp³-hybridized carbons (Fsp3) is 0.667. The average molecular weight is 355 g/mol. The van der Waals surface area contributed by atoms with Gasteiger partial charge in [0.1, 0.15) is 5.82 Å². The second-order valence-electron chi connectivity index (χ2n) is 6.40. The minimum absolute atomic E-state index is 0.129. The number of hydrogen-bond acceptors (Lipinski definition) is 6. The van der Waals surface area contributed by atoms with Crippen molar-refractivity contribution in [3.63, 3.8) is 0 Å². The number of amides is 1. The second-order valence-corrected chi connectivity index (χ2v) is 8.24. The molecule has 1 N–H and O–H groups in total. The molecule has 1 atom stereocenters. The Labute approximate surface area is 143 Å². The van der Waals surface area contributed by atoms with Gasteiger partial charge in [-0.1, -0.05) is 0 Å².